The molecule has 0 aliphatic carbocycles. The van der Waals surface area contributed by atoms with Gasteiger partial charge < -0.3 is 0 Å². The summed E-state index contributed by atoms with van der Waals surface area (Å²) in [5.41, 5.74) is 2.03. The van der Waals surface area contributed by atoms with Crippen molar-refractivity contribution in [2.24, 2.45) is 0 Å². The molecule has 0 bridgehead atoms. The summed E-state index contributed by atoms with van der Waals surface area (Å²) in [6.45, 7) is 1.98. The van der Waals surface area contributed by atoms with E-state index in [0.717, 1.165) is 24.3 Å². The fraction of sp³-hybridized carbons (Fsp3) is 0.167. The molecular formula is C12H9Br2NOS. The number of carbonyl (C=O) groups excluding carboxylic acids is 1. The van der Waals surface area contributed by atoms with E-state index in [-0.39, 0.29) is 5.78 Å². The number of ketones is 1. The highest BCUT2D eigenvalue weighted by Gasteiger charge is 2.12. The molecule has 2 nitrogen and oxygen atoms in total. The van der Waals surface area contributed by atoms with Gasteiger partial charge in [0.05, 0.1) is 8.66 Å². The van der Waals surface area contributed by atoms with Crippen molar-refractivity contribution in [2.45, 2.75) is 13.3 Å². The molecule has 2 heterocycles. The first-order chi connectivity index (χ1) is 8.06. The van der Waals surface area contributed by atoms with E-state index < -0.39 is 0 Å². The van der Waals surface area contributed by atoms with Crippen molar-refractivity contribution >= 4 is 49.0 Å². The van der Waals surface area contributed by atoms with E-state index in [1.54, 1.807) is 12.4 Å². The Kier molecular flexibility index (Phi) is 4.12. The van der Waals surface area contributed by atoms with Gasteiger partial charge in [-0.25, -0.2) is 0 Å². The highest BCUT2D eigenvalue weighted by molar-refractivity contribution is 9.11. The number of nitrogens with zero attached hydrogens (tertiary/aromatic N) is 1. The lowest BCUT2D eigenvalue weighted by atomic mass is 10.1. The minimum absolute atomic E-state index is 0.128. The van der Waals surface area contributed by atoms with Gasteiger partial charge in [-0.1, -0.05) is 0 Å². The third-order valence-corrected chi connectivity index (χ3v) is 4.87. The Morgan fingerprint density at radius 1 is 1.35 bits per heavy atom. The van der Waals surface area contributed by atoms with Gasteiger partial charge >= 0.3 is 0 Å². The van der Waals surface area contributed by atoms with E-state index in [2.05, 4.69) is 36.8 Å². The summed E-state index contributed by atoms with van der Waals surface area (Å²) >= 11 is 8.25. The molecule has 0 amide bonds. The molecule has 0 fully saturated rings. The molecule has 2 aromatic heterocycles. The van der Waals surface area contributed by atoms with Gasteiger partial charge in [-0.05, 0) is 62.0 Å². The van der Waals surface area contributed by atoms with Crippen LogP contribution in [0.1, 0.15) is 20.8 Å². The molecule has 2 aromatic rings. The lowest BCUT2D eigenvalue weighted by Crippen LogP contribution is -2.01. The average Bonchev–Trinajstić information content (AvgIpc) is 2.59. The zero-order valence-corrected chi connectivity index (χ0v) is 13.0. The fourth-order valence-corrected chi connectivity index (χ4v) is 3.31. The standard InChI is InChI=1S/C12H9Br2NOS/c1-7-2-11(17-12(7)14)10(16)4-8-3-9(13)6-15-5-8/h2-3,5-6H,4H2,1H3. The number of aromatic nitrogens is 1. The van der Waals surface area contributed by atoms with Gasteiger partial charge in [0.15, 0.2) is 5.78 Å². The van der Waals surface area contributed by atoms with Crippen molar-refractivity contribution in [1.29, 1.82) is 0 Å². The van der Waals surface area contributed by atoms with E-state index in [0.29, 0.717) is 6.42 Å². The number of hydrogen-bond acceptors (Lipinski definition) is 3. The third-order valence-electron chi connectivity index (χ3n) is 2.26. The van der Waals surface area contributed by atoms with Gasteiger partial charge in [0, 0.05) is 23.3 Å². The Bertz CT molecular complexity index is 546. The molecule has 0 saturated heterocycles. The summed E-state index contributed by atoms with van der Waals surface area (Å²) in [7, 11) is 0. The van der Waals surface area contributed by atoms with Gasteiger partial charge in [0.25, 0.3) is 0 Å². The molecule has 2 rings (SSSR count). The number of thiophene rings is 1. The predicted molar refractivity (Wildman–Crippen MR) is 76.7 cm³/mol. The highest BCUT2D eigenvalue weighted by Crippen LogP contribution is 2.28. The Hall–Kier alpha value is -0.520. The number of rotatable bonds is 3. The lowest BCUT2D eigenvalue weighted by molar-refractivity contribution is 0.0996. The summed E-state index contributed by atoms with van der Waals surface area (Å²) in [6, 6.07) is 3.84. The summed E-state index contributed by atoms with van der Waals surface area (Å²) < 4.78 is 1.92. The molecule has 0 aliphatic heterocycles. The van der Waals surface area contributed by atoms with Gasteiger partial charge in [-0.3, -0.25) is 9.78 Å². The molecule has 0 radical (unpaired) electrons. The molecular weight excluding hydrogens is 366 g/mol. The summed E-state index contributed by atoms with van der Waals surface area (Å²) in [4.78, 5) is 16.9. The molecule has 88 valence electrons. The van der Waals surface area contributed by atoms with Crippen LogP contribution in [0.4, 0.5) is 0 Å². The van der Waals surface area contributed by atoms with Crippen molar-refractivity contribution in [2.75, 3.05) is 0 Å². The zero-order chi connectivity index (χ0) is 12.4. The van der Waals surface area contributed by atoms with Crippen LogP contribution in [0, 0.1) is 6.92 Å². The van der Waals surface area contributed by atoms with Crippen molar-refractivity contribution in [3.05, 3.63) is 48.8 Å². The first-order valence-electron chi connectivity index (χ1n) is 4.95. The van der Waals surface area contributed by atoms with Crippen LogP contribution >= 0.6 is 43.2 Å². The minimum atomic E-state index is 0.128. The van der Waals surface area contributed by atoms with Crippen molar-refractivity contribution < 1.29 is 4.79 Å². The van der Waals surface area contributed by atoms with Gasteiger partial charge in [-0.2, -0.15) is 0 Å². The van der Waals surface area contributed by atoms with Crippen LogP contribution in [-0.4, -0.2) is 10.8 Å². The molecule has 0 unspecified atom stereocenters. The second kappa shape index (κ2) is 5.42. The second-order valence-electron chi connectivity index (χ2n) is 3.68. The van der Waals surface area contributed by atoms with Crippen LogP contribution in [0.5, 0.6) is 0 Å². The number of halogens is 2. The first kappa shape index (κ1) is 12.9. The van der Waals surface area contributed by atoms with Crippen LogP contribution in [0.15, 0.2) is 32.8 Å². The minimum Gasteiger partial charge on any atom is -0.293 e. The summed E-state index contributed by atoms with van der Waals surface area (Å²) in [6.07, 6.45) is 3.82. The van der Waals surface area contributed by atoms with E-state index >= 15 is 0 Å². The van der Waals surface area contributed by atoms with E-state index in [1.807, 2.05) is 19.1 Å². The highest BCUT2D eigenvalue weighted by atomic mass is 79.9. The van der Waals surface area contributed by atoms with E-state index in [1.165, 1.54) is 11.3 Å². The van der Waals surface area contributed by atoms with Crippen LogP contribution in [0.2, 0.25) is 0 Å². The van der Waals surface area contributed by atoms with E-state index in [9.17, 15) is 4.79 Å². The molecule has 0 N–H and O–H groups in total. The van der Waals surface area contributed by atoms with Crippen LogP contribution in [0.3, 0.4) is 0 Å². The predicted octanol–water partition coefficient (Wildman–Crippen LogP) is 4.40. The maximum Gasteiger partial charge on any atom is 0.177 e. The largest absolute Gasteiger partial charge is 0.293 e. The van der Waals surface area contributed by atoms with Crippen molar-refractivity contribution in [1.82, 2.24) is 4.98 Å². The molecule has 0 spiro atoms. The third kappa shape index (κ3) is 3.24. The maximum absolute atomic E-state index is 12.0. The quantitative estimate of drug-likeness (QED) is 0.745. The first-order valence-corrected chi connectivity index (χ1v) is 7.35. The van der Waals surface area contributed by atoms with E-state index in [4.69, 9.17) is 0 Å². The average molecular weight is 375 g/mol. The maximum atomic E-state index is 12.0. The molecule has 17 heavy (non-hydrogen) atoms. The molecule has 0 aliphatic rings. The normalized spacial score (nSPS) is 10.5. The second-order valence-corrected chi connectivity index (χ2v) is 6.96. The van der Waals surface area contributed by atoms with Gasteiger partial charge in [0.1, 0.15) is 0 Å². The lowest BCUT2D eigenvalue weighted by Gasteiger charge is -1.99. The van der Waals surface area contributed by atoms with Crippen LogP contribution in [-0.2, 0) is 6.42 Å². The fourth-order valence-electron chi connectivity index (χ4n) is 1.42. The molecule has 0 saturated carbocycles. The van der Waals surface area contributed by atoms with Gasteiger partial charge in [0.2, 0.25) is 0 Å². The Balaban J connectivity index is 2.17. The van der Waals surface area contributed by atoms with Crippen molar-refractivity contribution in [3.63, 3.8) is 0 Å². The van der Waals surface area contributed by atoms with Crippen LogP contribution in [0.25, 0.3) is 0 Å². The van der Waals surface area contributed by atoms with Gasteiger partial charge in [-0.15, -0.1) is 11.3 Å². The van der Waals surface area contributed by atoms with Crippen LogP contribution < -0.4 is 0 Å². The van der Waals surface area contributed by atoms with Crippen molar-refractivity contribution in [3.8, 4) is 0 Å². The Morgan fingerprint density at radius 2 is 2.12 bits per heavy atom. The zero-order valence-electron chi connectivity index (χ0n) is 9.04. The number of pyridine rings is 1. The monoisotopic (exact) mass is 373 g/mol. The molecule has 0 aromatic carbocycles. The number of hydrogen-bond donors (Lipinski definition) is 0. The molecule has 0 atom stereocenters. The Labute approximate surface area is 120 Å². The smallest absolute Gasteiger partial charge is 0.177 e. The number of Topliss-reactive ketones (excluding diaryl/α,β-unsaturated/α-hetero) is 1. The summed E-state index contributed by atoms with van der Waals surface area (Å²) in [5.74, 6) is 0.128. The topological polar surface area (TPSA) is 30.0 Å². The number of aryl methyl sites for hydroxylation is 1. The molecule has 5 heteroatoms. The summed E-state index contributed by atoms with van der Waals surface area (Å²) in [5, 5.41) is 0. The number of carbonyl (C=O) groups is 1. The Morgan fingerprint density at radius 3 is 2.71 bits per heavy atom. The SMILES string of the molecule is Cc1cc(C(=O)Cc2cncc(Br)c2)sc1Br.